The fraction of sp³-hybridized carbons (Fsp3) is 0.705. The molecule has 0 heterocycles. The lowest BCUT2D eigenvalue weighted by Crippen LogP contribution is -2.28. The van der Waals surface area contributed by atoms with Crippen LogP contribution in [0.15, 0.2) is 97.2 Å². The van der Waals surface area contributed by atoms with Crippen molar-refractivity contribution >= 4 is 11.9 Å². The minimum absolute atomic E-state index is 0.0748. The number of carbonyl (C=O) groups is 2. The van der Waals surface area contributed by atoms with Gasteiger partial charge in [-0.3, -0.25) is 9.59 Å². The smallest absolute Gasteiger partial charge is 0.306 e. The van der Waals surface area contributed by atoms with Gasteiger partial charge >= 0.3 is 11.9 Å². The monoisotopic (exact) mass is 917 g/mol. The van der Waals surface area contributed by atoms with Crippen molar-refractivity contribution in [3.05, 3.63) is 97.2 Å². The van der Waals surface area contributed by atoms with Gasteiger partial charge in [0.1, 0.15) is 6.61 Å². The van der Waals surface area contributed by atoms with Crippen LogP contribution in [0.4, 0.5) is 0 Å². The molecule has 0 aliphatic rings. The minimum atomic E-state index is -0.785. The first kappa shape index (κ1) is 62.8. The van der Waals surface area contributed by atoms with E-state index in [1.807, 2.05) is 0 Å². The number of esters is 2. The highest BCUT2D eigenvalue weighted by molar-refractivity contribution is 5.70. The summed E-state index contributed by atoms with van der Waals surface area (Å²) in [4.78, 5) is 24.5. The van der Waals surface area contributed by atoms with Crippen molar-refractivity contribution in [2.45, 2.75) is 264 Å². The number of carbonyl (C=O) groups excluding carboxylic acids is 2. The topological polar surface area (TPSA) is 72.8 Å². The summed E-state index contributed by atoms with van der Waals surface area (Å²) in [6.45, 7) is 4.02. The van der Waals surface area contributed by atoms with Gasteiger partial charge in [-0.05, 0) is 96.3 Å². The summed E-state index contributed by atoms with van der Waals surface area (Å²) in [5, 5.41) is 9.65. The van der Waals surface area contributed by atoms with Crippen LogP contribution >= 0.6 is 0 Å². The van der Waals surface area contributed by atoms with Crippen LogP contribution in [0, 0.1) is 0 Å². The third kappa shape index (κ3) is 53.4. The van der Waals surface area contributed by atoms with Crippen molar-refractivity contribution in [1.29, 1.82) is 0 Å². The van der Waals surface area contributed by atoms with Crippen molar-refractivity contribution in [2.24, 2.45) is 0 Å². The van der Waals surface area contributed by atoms with E-state index in [0.717, 1.165) is 89.9 Å². The number of hydrogen-bond acceptors (Lipinski definition) is 5. The molecular formula is C61H104O5. The van der Waals surface area contributed by atoms with Gasteiger partial charge in [-0.2, -0.15) is 0 Å². The van der Waals surface area contributed by atoms with Crippen molar-refractivity contribution in [2.75, 3.05) is 13.2 Å². The molecule has 1 unspecified atom stereocenters. The van der Waals surface area contributed by atoms with Gasteiger partial charge in [0.25, 0.3) is 0 Å². The highest BCUT2D eigenvalue weighted by Crippen LogP contribution is 2.15. The largest absolute Gasteiger partial charge is 0.462 e. The Labute approximate surface area is 408 Å². The molecule has 0 fully saturated rings. The summed E-state index contributed by atoms with van der Waals surface area (Å²) < 4.78 is 10.7. The van der Waals surface area contributed by atoms with Gasteiger partial charge in [-0.15, -0.1) is 0 Å². The lowest BCUT2D eigenvalue weighted by Gasteiger charge is -2.15. The fourth-order valence-electron chi connectivity index (χ4n) is 7.71. The van der Waals surface area contributed by atoms with Gasteiger partial charge in [0.2, 0.25) is 0 Å². The molecule has 5 nitrogen and oxygen atoms in total. The van der Waals surface area contributed by atoms with E-state index in [2.05, 4.69) is 111 Å². The number of hydrogen-bond donors (Lipinski definition) is 1. The van der Waals surface area contributed by atoms with Gasteiger partial charge in [-0.1, -0.05) is 246 Å². The molecule has 0 aliphatic heterocycles. The third-order valence-electron chi connectivity index (χ3n) is 11.9. The maximum atomic E-state index is 12.3. The third-order valence-corrected chi connectivity index (χ3v) is 11.9. The number of unbranched alkanes of at least 4 members (excludes halogenated alkanes) is 26. The van der Waals surface area contributed by atoms with Crippen LogP contribution in [0.25, 0.3) is 0 Å². The molecule has 66 heavy (non-hydrogen) atoms. The molecular weight excluding hydrogens is 813 g/mol. The van der Waals surface area contributed by atoms with E-state index in [9.17, 15) is 14.7 Å². The van der Waals surface area contributed by atoms with Crippen molar-refractivity contribution in [3.63, 3.8) is 0 Å². The lowest BCUT2D eigenvalue weighted by atomic mass is 10.0. The number of rotatable bonds is 50. The molecule has 0 aromatic heterocycles. The molecule has 378 valence electrons. The summed E-state index contributed by atoms with van der Waals surface area (Å²) in [6, 6.07) is 0. The molecule has 0 rings (SSSR count). The minimum Gasteiger partial charge on any atom is -0.462 e. The van der Waals surface area contributed by atoms with Crippen LogP contribution in [0.1, 0.15) is 258 Å². The second-order valence-electron chi connectivity index (χ2n) is 18.3. The predicted molar refractivity (Wildman–Crippen MR) is 288 cm³/mol. The number of aliphatic hydroxyl groups is 1. The average Bonchev–Trinajstić information content (AvgIpc) is 3.32. The molecule has 0 saturated heterocycles. The first-order valence-electron chi connectivity index (χ1n) is 27.8. The Balaban J connectivity index is 3.53. The standard InChI is InChI=1S/C61H104O5/c1-3-5-7-9-11-13-15-17-19-21-23-25-27-28-29-30-31-32-34-35-37-39-41-43-45-47-49-51-53-55-60(63)65-58-59(57-62)66-61(64)56-54-52-50-48-46-44-42-40-38-36-33-26-24-22-20-18-16-14-12-10-8-6-4-2/h6,8,12,14-15,17-18,20-21,23-24,26-28,36,38,59,62H,3-5,7,9-11,13,16,19,22,25,29-35,37,39-58H2,1-2H3/b8-6-,14-12-,17-15-,20-18-,23-21-,26-24-,28-27-,38-36-. The molecule has 0 aliphatic carbocycles. The zero-order valence-corrected chi connectivity index (χ0v) is 43.2. The Kier molecular flexibility index (Phi) is 53.4. The van der Waals surface area contributed by atoms with E-state index in [0.29, 0.717) is 12.8 Å². The van der Waals surface area contributed by atoms with Crippen LogP contribution in [-0.4, -0.2) is 36.4 Å². The van der Waals surface area contributed by atoms with Gasteiger partial charge in [-0.25, -0.2) is 0 Å². The summed E-state index contributed by atoms with van der Waals surface area (Å²) in [6.07, 6.45) is 79.4. The molecule has 0 saturated carbocycles. The van der Waals surface area contributed by atoms with E-state index < -0.39 is 6.10 Å². The quantitative estimate of drug-likeness (QED) is 0.0374. The molecule has 1 N–H and O–H groups in total. The number of ether oxygens (including phenoxy) is 2. The fourth-order valence-corrected chi connectivity index (χ4v) is 7.71. The number of allylic oxidation sites excluding steroid dienone is 16. The second kappa shape index (κ2) is 56.1. The molecule has 5 heteroatoms. The molecule has 0 amide bonds. The zero-order chi connectivity index (χ0) is 47.7. The van der Waals surface area contributed by atoms with Crippen molar-refractivity contribution in [3.8, 4) is 0 Å². The van der Waals surface area contributed by atoms with Crippen LogP contribution in [0.5, 0.6) is 0 Å². The van der Waals surface area contributed by atoms with Crippen LogP contribution < -0.4 is 0 Å². The molecule has 0 aromatic rings. The van der Waals surface area contributed by atoms with Crippen molar-refractivity contribution in [1.82, 2.24) is 0 Å². The molecule has 0 radical (unpaired) electrons. The SMILES string of the molecule is CC/C=C\C/C=C\C/C=C\C/C=C\C/C=C\CCCCCCCCCC(=O)OC(CO)COC(=O)CCCCCCCCCCCCCCCC/C=C\C/C=C\C/C=C\CCCCCCC. The van der Waals surface area contributed by atoms with E-state index in [4.69, 9.17) is 9.47 Å². The maximum Gasteiger partial charge on any atom is 0.306 e. The highest BCUT2D eigenvalue weighted by Gasteiger charge is 2.16. The summed E-state index contributed by atoms with van der Waals surface area (Å²) in [5.74, 6) is -0.603. The molecule has 0 aromatic carbocycles. The molecule has 0 spiro atoms. The van der Waals surface area contributed by atoms with E-state index in [1.165, 1.54) is 141 Å². The Morgan fingerprint density at radius 2 is 0.652 bits per heavy atom. The van der Waals surface area contributed by atoms with Crippen LogP contribution in [0.3, 0.4) is 0 Å². The average molecular weight is 917 g/mol. The van der Waals surface area contributed by atoms with Gasteiger partial charge in [0.05, 0.1) is 6.61 Å². The summed E-state index contributed by atoms with van der Waals surface area (Å²) >= 11 is 0. The first-order chi connectivity index (χ1) is 32.6. The van der Waals surface area contributed by atoms with Crippen molar-refractivity contribution < 1.29 is 24.2 Å². The summed E-state index contributed by atoms with van der Waals surface area (Å²) in [5.41, 5.74) is 0. The van der Waals surface area contributed by atoms with Crippen LogP contribution in [0.2, 0.25) is 0 Å². The van der Waals surface area contributed by atoms with Gasteiger partial charge < -0.3 is 14.6 Å². The molecule has 1 atom stereocenters. The van der Waals surface area contributed by atoms with Gasteiger partial charge in [0, 0.05) is 12.8 Å². The Hall–Kier alpha value is -3.18. The van der Waals surface area contributed by atoms with E-state index in [1.54, 1.807) is 0 Å². The van der Waals surface area contributed by atoms with E-state index >= 15 is 0 Å². The Morgan fingerprint density at radius 3 is 0.985 bits per heavy atom. The zero-order valence-electron chi connectivity index (χ0n) is 43.2. The first-order valence-corrected chi connectivity index (χ1v) is 27.8. The number of aliphatic hydroxyl groups excluding tert-OH is 1. The summed E-state index contributed by atoms with van der Waals surface area (Å²) in [7, 11) is 0. The normalized spacial score (nSPS) is 13.0. The van der Waals surface area contributed by atoms with Gasteiger partial charge in [0.15, 0.2) is 6.10 Å². The lowest BCUT2D eigenvalue weighted by molar-refractivity contribution is -0.161. The highest BCUT2D eigenvalue weighted by atomic mass is 16.6. The van der Waals surface area contributed by atoms with Crippen LogP contribution in [-0.2, 0) is 19.1 Å². The second-order valence-corrected chi connectivity index (χ2v) is 18.3. The Bertz CT molecular complexity index is 1270. The van der Waals surface area contributed by atoms with E-state index in [-0.39, 0.29) is 25.2 Å². The molecule has 0 bridgehead atoms. The predicted octanol–water partition coefficient (Wildman–Crippen LogP) is 18.7. The maximum absolute atomic E-state index is 12.3. The Morgan fingerprint density at radius 1 is 0.364 bits per heavy atom.